The molecule has 0 bridgehead atoms. The van der Waals surface area contributed by atoms with Crippen LogP contribution in [-0.2, 0) is 12.7 Å². The number of ether oxygens (including phenoxy) is 1. The predicted octanol–water partition coefficient (Wildman–Crippen LogP) is 4.98. The maximum absolute atomic E-state index is 12.6. The zero-order valence-corrected chi connectivity index (χ0v) is 12.8. The number of nitrogens with one attached hydrogen (secondary N) is 1. The van der Waals surface area contributed by atoms with E-state index in [2.05, 4.69) is 21.2 Å². The molecule has 0 atom stereocenters. The number of hydrogen-bond donors (Lipinski definition) is 1. The van der Waals surface area contributed by atoms with Crippen LogP contribution in [0.1, 0.15) is 11.1 Å². The van der Waals surface area contributed by atoms with E-state index in [0.717, 1.165) is 24.2 Å². The summed E-state index contributed by atoms with van der Waals surface area (Å²) in [5, 5.41) is 3.03. The number of benzene rings is 2. The van der Waals surface area contributed by atoms with E-state index in [1.165, 1.54) is 6.07 Å². The molecule has 0 heterocycles. The minimum atomic E-state index is -4.37. The Hall–Kier alpha value is -1.53. The Bertz CT molecular complexity index is 611. The highest BCUT2D eigenvalue weighted by Gasteiger charge is 2.30. The molecular formula is C15H13BrF3NO. The van der Waals surface area contributed by atoms with Gasteiger partial charge in [-0.3, -0.25) is 0 Å². The maximum atomic E-state index is 12.6. The molecule has 0 saturated heterocycles. The summed E-state index contributed by atoms with van der Waals surface area (Å²) < 4.78 is 43.6. The molecule has 21 heavy (non-hydrogen) atoms. The summed E-state index contributed by atoms with van der Waals surface area (Å²) >= 11 is 3.10. The van der Waals surface area contributed by atoms with E-state index in [0.29, 0.717) is 11.5 Å². The topological polar surface area (TPSA) is 21.3 Å². The highest BCUT2D eigenvalue weighted by atomic mass is 79.9. The second-order valence-electron chi connectivity index (χ2n) is 4.42. The van der Waals surface area contributed by atoms with E-state index in [4.69, 9.17) is 4.74 Å². The molecule has 0 unspecified atom stereocenters. The van der Waals surface area contributed by atoms with Gasteiger partial charge in [-0.1, -0.05) is 12.1 Å². The third-order valence-electron chi connectivity index (χ3n) is 2.79. The van der Waals surface area contributed by atoms with Gasteiger partial charge in [0.05, 0.1) is 10.0 Å². The van der Waals surface area contributed by atoms with Crippen LogP contribution in [0.15, 0.2) is 46.9 Å². The molecule has 2 nitrogen and oxygen atoms in total. The van der Waals surface area contributed by atoms with Crippen molar-refractivity contribution < 1.29 is 17.9 Å². The van der Waals surface area contributed by atoms with Gasteiger partial charge in [0.25, 0.3) is 0 Å². The van der Waals surface area contributed by atoms with Crippen LogP contribution in [-0.4, -0.2) is 7.05 Å². The van der Waals surface area contributed by atoms with Crippen LogP contribution >= 0.6 is 15.9 Å². The molecule has 6 heteroatoms. The fraction of sp³-hybridized carbons (Fsp3) is 0.200. The van der Waals surface area contributed by atoms with Gasteiger partial charge in [0.15, 0.2) is 0 Å². The molecule has 0 fully saturated rings. The van der Waals surface area contributed by atoms with Crippen LogP contribution in [0.25, 0.3) is 0 Å². The summed E-state index contributed by atoms with van der Waals surface area (Å²) in [5.41, 5.74) is 0.377. The zero-order chi connectivity index (χ0) is 15.5. The standard InChI is InChI=1S/C15H13BrF3NO/c1-20-9-10-2-5-12(6-3-10)21-14-7-4-11(8-13(14)16)15(17,18)19/h2-8,20H,9H2,1H3. The van der Waals surface area contributed by atoms with Gasteiger partial charge in [-0.2, -0.15) is 13.2 Å². The molecule has 2 aromatic carbocycles. The molecule has 0 radical (unpaired) electrons. The molecule has 0 aliphatic carbocycles. The van der Waals surface area contributed by atoms with Crippen LogP contribution < -0.4 is 10.1 Å². The average molecular weight is 360 g/mol. The van der Waals surface area contributed by atoms with Crippen molar-refractivity contribution in [3.05, 3.63) is 58.1 Å². The number of hydrogen-bond acceptors (Lipinski definition) is 2. The first-order valence-corrected chi connectivity index (χ1v) is 6.97. The Morgan fingerprint density at radius 2 is 1.76 bits per heavy atom. The minimum Gasteiger partial charge on any atom is -0.456 e. The molecule has 0 spiro atoms. The molecule has 0 saturated carbocycles. The van der Waals surface area contributed by atoms with Crippen LogP contribution in [0.2, 0.25) is 0 Å². The summed E-state index contributed by atoms with van der Waals surface area (Å²) in [6, 6.07) is 10.6. The highest BCUT2D eigenvalue weighted by molar-refractivity contribution is 9.10. The SMILES string of the molecule is CNCc1ccc(Oc2ccc(C(F)(F)F)cc2Br)cc1. The predicted molar refractivity (Wildman–Crippen MR) is 78.4 cm³/mol. The number of rotatable bonds is 4. The normalized spacial score (nSPS) is 11.5. The Labute approximate surface area is 129 Å². The number of alkyl halides is 3. The van der Waals surface area contributed by atoms with Gasteiger partial charge in [0.2, 0.25) is 0 Å². The summed E-state index contributed by atoms with van der Waals surface area (Å²) in [6.07, 6.45) is -4.37. The minimum absolute atomic E-state index is 0.261. The fourth-order valence-electron chi connectivity index (χ4n) is 1.77. The lowest BCUT2D eigenvalue weighted by Crippen LogP contribution is -2.05. The van der Waals surface area contributed by atoms with Gasteiger partial charge in [0.1, 0.15) is 11.5 Å². The van der Waals surface area contributed by atoms with Crippen molar-refractivity contribution in [3.8, 4) is 11.5 Å². The van der Waals surface area contributed by atoms with Gasteiger partial charge >= 0.3 is 6.18 Å². The molecule has 0 aliphatic rings. The first-order chi connectivity index (χ1) is 9.90. The highest BCUT2D eigenvalue weighted by Crippen LogP contribution is 2.36. The third-order valence-corrected chi connectivity index (χ3v) is 3.41. The van der Waals surface area contributed by atoms with Gasteiger partial charge in [0, 0.05) is 6.54 Å². The lowest BCUT2D eigenvalue weighted by atomic mass is 10.2. The lowest BCUT2D eigenvalue weighted by Gasteiger charge is -2.11. The molecule has 0 aliphatic heterocycles. The Morgan fingerprint density at radius 1 is 1.10 bits per heavy atom. The molecule has 0 amide bonds. The quantitative estimate of drug-likeness (QED) is 0.831. The van der Waals surface area contributed by atoms with Crippen molar-refractivity contribution in [3.63, 3.8) is 0 Å². The Morgan fingerprint density at radius 3 is 2.29 bits per heavy atom. The van der Waals surface area contributed by atoms with Crippen LogP contribution in [0.3, 0.4) is 0 Å². The van der Waals surface area contributed by atoms with E-state index in [9.17, 15) is 13.2 Å². The number of halogens is 4. The summed E-state index contributed by atoms with van der Waals surface area (Å²) in [5.74, 6) is 0.902. The second kappa shape index (κ2) is 6.49. The van der Waals surface area contributed by atoms with E-state index < -0.39 is 11.7 Å². The summed E-state index contributed by atoms with van der Waals surface area (Å²) in [4.78, 5) is 0. The first-order valence-electron chi connectivity index (χ1n) is 6.18. The van der Waals surface area contributed by atoms with Crippen molar-refractivity contribution in [1.82, 2.24) is 5.32 Å². The largest absolute Gasteiger partial charge is 0.456 e. The van der Waals surface area contributed by atoms with Crippen molar-refractivity contribution in [2.45, 2.75) is 12.7 Å². The van der Waals surface area contributed by atoms with Crippen molar-refractivity contribution in [2.75, 3.05) is 7.05 Å². The Balaban J connectivity index is 2.16. The average Bonchev–Trinajstić information content (AvgIpc) is 2.42. The van der Waals surface area contributed by atoms with Crippen molar-refractivity contribution in [1.29, 1.82) is 0 Å². The van der Waals surface area contributed by atoms with Gasteiger partial charge < -0.3 is 10.1 Å². The van der Waals surface area contributed by atoms with Crippen LogP contribution in [0.4, 0.5) is 13.2 Å². The zero-order valence-electron chi connectivity index (χ0n) is 11.2. The smallest absolute Gasteiger partial charge is 0.416 e. The first kappa shape index (κ1) is 15.9. The molecular weight excluding hydrogens is 347 g/mol. The van der Waals surface area contributed by atoms with Gasteiger partial charge in [-0.15, -0.1) is 0 Å². The van der Waals surface area contributed by atoms with Crippen molar-refractivity contribution in [2.24, 2.45) is 0 Å². The molecule has 112 valence electrons. The molecule has 0 aromatic heterocycles. The third kappa shape index (κ3) is 4.22. The van der Waals surface area contributed by atoms with Gasteiger partial charge in [-0.25, -0.2) is 0 Å². The van der Waals surface area contributed by atoms with Crippen LogP contribution in [0, 0.1) is 0 Å². The van der Waals surface area contributed by atoms with E-state index in [-0.39, 0.29) is 4.47 Å². The van der Waals surface area contributed by atoms with Crippen molar-refractivity contribution >= 4 is 15.9 Å². The van der Waals surface area contributed by atoms with Crippen LogP contribution in [0.5, 0.6) is 11.5 Å². The molecule has 1 N–H and O–H groups in total. The Kier molecular flexibility index (Phi) is 4.90. The van der Waals surface area contributed by atoms with E-state index in [1.54, 1.807) is 12.1 Å². The van der Waals surface area contributed by atoms with Gasteiger partial charge in [-0.05, 0) is 58.9 Å². The molecule has 2 aromatic rings. The fourth-order valence-corrected chi connectivity index (χ4v) is 2.23. The maximum Gasteiger partial charge on any atom is 0.416 e. The monoisotopic (exact) mass is 359 g/mol. The second-order valence-corrected chi connectivity index (χ2v) is 5.27. The lowest BCUT2D eigenvalue weighted by molar-refractivity contribution is -0.137. The van der Waals surface area contributed by atoms with E-state index >= 15 is 0 Å². The summed E-state index contributed by atoms with van der Waals surface area (Å²) in [6.45, 7) is 0.740. The van der Waals surface area contributed by atoms with E-state index in [1.807, 2.05) is 19.2 Å². The summed E-state index contributed by atoms with van der Waals surface area (Å²) in [7, 11) is 1.85. The molecule has 2 rings (SSSR count).